The van der Waals surface area contributed by atoms with Crippen LogP contribution >= 0.6 is 15.9 Å². The van der Waals surface area contributed by atoms with Crippen molar-refractivity contribution in [3.05, 3.63) is 28.2 Å². The van der Waals surface area contributed by atoms with E-state index in [4.69, 9.17) is 5.11 Å². The van der Waals surface area contributed by atoms with E-state index in [0.717, 1.165) is 6.20 Å². The standard InChI is InChI=1S/C11H14BrFN2O2/c1-11(2,10(16)17)6-15-3-7-8(12)4-14-5-9(7)13/h4-5,15H,3,6H2,1-2H3,(H,16,17). The fourth-order valence-corrected chi connectivity index (χ4v) is 1.63. The van der Waals surface area contributed by atoms with Crippen LogP contribution in [0.15, 0.2) is 16.9 Å². The van der Waals surface area contributed by atoms with Crippen LogP contribution < -0.4 is 5.32 Å². The van der Waals surface area contributed by atoms with Crippen molar-refractivity contribution in [2.45, 2.75) is 20.4 Å². The van der Waals surface area contributed by atoms with Gasteiger partial charge in [0.05, 0.1) is 11.6 Å². The predicted octanol–water partition coefficient (Wildman–Crippen LogP) is 2.18. The monoisotopic (exact) mass is 304 g/mol. The van der Waals surface area contributed by atoms with E-state index < -0.39 is 17.2 Å². The maximum atomic E-state index is 13.4. The summed E-state index contributed by atoms with van der Waals surface area (Å²) in [4.78, 5) is 14.5. The number of aromatic nitrogens is 1. The average molecular weight is 305 g/mol. The number of halogens is 2. The summed E-state index contributed by atoms with van der Waals surface area (Å²) in [6.45, 7) is 3.74. The second-order valence-corrected chi connectivity index (χ2v) is 5.23. The van der Waals surface area contributed by atoms with Gasteiger partial charge in [-0.3, -0.25) is 9.78 Å². The Kier molecular flexibility index (Phi) is 4.59. The molecule has 0 radical (unpaired) electrons. The van der Waals surface area contributed by atoms with Crippen molar-refractivity contribution < 1.29 is 14.3 Å². The van der Waals surface area contributed by atoms with Crippen LogP contribution in [0.25, 0.3) is 0 Å². The van der Waals surface area contributed by atoms with Gasteiger partial charge in [-0.2, -0.15) is 0 Å². The average Bonchev–Trinajstić information content (AvgIpc) is 2.22. The first-order chi connectivity index (χ1) is 7.84. The molecule has 1 rings (SSSR count). The minimum absolute atomic E-state index is 0.256. The van der Waals surface area contributed by atoms with E-state index in [1.165, 1.54) is 6.20 Å². The molecule has 17 heavy (non-hydrogen) atoms. The Hall–Kier alpha value is -1.01. The van der Waals surface area contributed by atoms with Crippen LogP contribution in [-0.4, -0.2) is 22.6 Å². The Morgan fingerprint density at radius 1 is 1.59 bits per heavy atom. The first kappa shape index (κ1) is 14.1. The van der Waals surface area contributed by atoms with E-state index in [2.05, 4.69) is 26.2 Å². The Morgan fingerprint density at radius 3 is 2.76 bits per heavy atom. The number of aliphatic carboxylic acids is 1. The van der Waals surface area contributed by atoms with Crippen molar-refractivity contribution in [3.8, 4) is 0 Å². The van der Waals surface area contributed by atoms with Crippen LogP contribution in [0.4, 0.5) is 4.39 Å². The maximum absolute atomic E-state index is 13.4. The summed E-state index contributed by atoms with van der Waals surface area (Å²) in [6, 6.07) is 0. The highest BCUT2D eigenvalue weighted by molar-refractivity contribution is 9.10. The van der Waals surface area contributed by atoms with Crippen LogP contribution in [0.3, 0.4) is 0 Å². The van der Waals surface area contributed by atoms with E-state index >= 15 is 0 Å². The van der Waals surface area contributed by atoms with Crippen molar-refractivity contribution in [2.24, 2.45) is 5.41 Å². The molecule has 0 unspecified atom stereocenters. The van der Waals surface area contributed by atoms with Gasteiger partial charge >= 0.3 is 5.97 Å². The summed E-state index contributed by atoms with van der Waals surface area (Å²) in [5.41, 5.74) is -0.433. The van der Waals surface area contributed by atoms with Crippen molar-refractivity contribution >= 4 is 21.9 Å². The van der Waals surface area contributed by atoms with Crippen LogP contribution in [0.5, 0.6) is 0 Å². The van der Waals surface area contributed by atoms with Gasteiger partial charge < -0.3 is 10.4 Å². The molecule has 0 atom stereocenters. The fourth-order valence-electron chi connectivity index (χ4n) is 1.18. The van der Waals surface area contributed by atoms with E-state index in [0.29, 0.717) is 10.0 Å². The number of carbonyl (C=O) groups is 1. The van der Waals surface area contributed by atoms with Gasteiger partial charge in [0, 0.05) is 29.3 Å². The number of rotatable bonds is 5. The first-order valence-corrected chi connectivity index (χ1v) is 5.86. The SMILES string of the molecule is CC(C)(CNCc1c(F)cncc1Br)C(=O)O. The molecule has 6 heteroatoms. The lowest BCUT2D eigenvalue weighted by Crippen LogP contribution is -2.35. The molecule has 0 aromatic carbocycles. The lowest BCUT2D eigenvalue weighted by Gasteiger charge is -2.19. The topological polar surface area (TPSA) is 62.2 Å². The largest absolute Gasteiger partial charge is 0.481 e. The Balaban J connectivity index is 2.60. The van der Waals surface area contributed by atoms with Crippen LogP contribution in [-0.2, 0) is 11.3 Å². The maximum Gasteiger partial charge on any atom is 0.310 e. The van der Waals surface area contributed by atoms with Gasteiger partial charge in [-0.25, -0.2) is 4.39 Å². The Labute approximate surface area is 107 Å². The number of hydrogen-bond donors (Lipinski definition) is 2. The minimum atomic E-state index is -0.890. The third-order valence-electron chi connectivity index (χ3n) is 2.40. The molecule has 0 saturated carbocycles. The van der Waals surface area contributed by atoms with E-state index in [9.17, 15) is 9.18 Å². The molecule has 0 spiro atoms. The summed E-state index contributed by atoms with van der Waals surface area (Å²) in [5, 5.41) is 11.8. The normalized spacial score (nSPS) is 11.5. The van der Waals surface area contributed by atoms with Gasteiger partial charge in [-0.1, -0.05) is 0 Å². The molecule has 0 saturated heterocycles. The highest BCUT2D eigenvalue weighted by Gasteiger charge is 2.26. The number of hydrogen-bond acceptors (Lipinski definition) is 3. The number of nitrogens with one attached hydrogen (secondary N) is 1. The quantitative estimate of drug-likeness (QED) is 0.875. The van der Waals surface area contributed by atoms with Crippen LogP contribution in [0.1, 0.15) is 19.4 Å². The lowest BCUT2D eigenvalue weighted by atomic mass is 9.94. The molecule has 0 amide bonds. The van der Waals surface area contributed by atoms with Crippen molar-refractivity contribution in [3.63, 3.8) is 0 Å². The summed E-state index contributed by atoms with van der Waals surface area (Å²) < 4.78 is 13.9. The van der Waals surface area contributed by atoms with Gasteiger partial charge in [0.1, 0.15) is 5.82 Å². The predicted molar refractivity (Wildman–Crippen MR) is 65.0 cm³/mol. The molecular weight excluding hydrogens is 291 g/mol. The van der Waals surface area contributed by atoms with E-state index in [1.807, 2.05) is 0 Å². The number of carboxylic acids is 1. The van der Waals surface area contributed by atoms with Crippen LogP contribution in [0, 0.1) is 11.2 Å². The summed E-state index contributed by atoms with van der Waals surface area (Å²) in [6.07, 6.45) is 2.63. The smallest absolute Gasteiger partial charge is 0.310 e. The molecule has 94 valence electrons. The Bertz CT molecular complexity index is 404. The fraction of sp³-hybridized carbons (Fsp3) is 0.455. The molecule has 0 aliphatic heterocycles. The highest BCUT2D eigenvalue weighted by Crippen LogP contribution is 2.19. The summed E-state index contributed by atoms with van der Waals surface area (Å²) in [5.74, 6) is -1.31. The lowest BCUT2D eigenvalue weighted by molar-refractivity contribution is -0.146. The molecule has 1 aromatic heterocycles. The number of nitrogens with zero attached hydrogens (tertiary/aromatic N) is 1. The van der Waals surface area contributed by atoms with Gasteiger partial charge in [0.2, 0.25) is 0 Å². The van der Waals surface area contributed by atoms with E-state index in [-0.39, 0.29) is 13.1 Å². The third kappa shape index (κ3) is 3.74. The number of pyridine rings is 1. The van der Waals surface area contributed by atoms with Gasteiger partial charge in [-0.05, 0) is 29.8 Å². The molecule has 1 aromatic rings. The molecular formula is C11H14BrFN2O2. The molecule has 2 N–H and O–H groups in total. The Morgan fingerprint density at radius 2 is 2.24 bits per heavy atom. The van der Waals surface area contributed by atoms with Crippen LogP contribution in [0.2, 0.25) is 0 Å². The molecule has 0 aliphatic carbocycles. The second-order valence-electron chi connectivity index (χ2n) is 4.37. The highest BCUT2D eigenvalue weighted by atomic mass is 79.9. The zero-order chi connectivity index (χ0) is 13.1. The van der Waals surface area contributed by atoms with E-state index in [1.54, 1.807) is 13.8 Å². The zero-order valence-corrected chi connectivity index (χ0v) is 11.2. The summed E-state index contributed by atoms with van der Waals surface area (Å²) in [7, 11) is 0. The molecule has 0 fully saturated rings. The minimum Gasteiger partial charge on any atom is -0.481 e. The van der Waals surface area contributed by atoms with Gasteiger partial charge in [0.25, 0.3) is 0 Å². The first-order valence-electron chi connectivity index (χ1n) is 5.06. The van der Waals surface area contributed by atoms with Gasteiger partial charge in [-0.15, -0.1) is 0 Å². The number of carboxylic acid groups (broad SMARTS) is 1. The molecule has 0 bridgehead atoms. The van der Waals surface area contributed by atoms with Gasteiger partial charge in [0.15, 0.2) is 0 Å². The third-order valence-corrected chi connectivity index (χ3v) is 3.08. The molecule has 1 heterocycles. The second kappa shape index (κ2) is 5.55. The molecule has 0 aliphatic rings. The summed E-state index contributed by atoms with van der Waals surface area (Å²) >= 11 is 3.20. The van der Waals surface area contributed by atoms with Crippen molar-refractivity contribution in [2.75, 3.05) is 6.54 Å². The van der Waals surface area contributed by atoms with Crippen molar-refractivity contribution in [1.82, 2.24) is 10.3 Å². The zero-order valence-electron chi connectivity index (χ0n) is 9.63. The molecule has 4 nitrogen and oxygen atoms in total. The van der Waals surface area contributed by atoms with Crippen molar-refractivity contribution in [1.29, 1.82) is 0 Å².